The van der Waals surface area contributed by atoms with E-state index >= 15 is 0 Å². The molecule has 0 amide bonds. The number of methoxy groups -OCH3 is 2. The minimum atomic E-state index is -0.814. The van der Waals surface area contributed by atoms with E-state index in [4.69, 9.17) is 14.6 Å². The summed E-state index contributed by atoms with van der Waals surface area (Å²) in [4.78, 5) is 13.2. The molecule has 0 aromatic carbocycles. The molecule has 0 aromatic rings. The van der Waals surface area contributed by atoms with E-state index in [1.165, 1.54) is 0 Å². The minimum Gasteiger partial charge on any atom is -0.480 e. The van der Waals surface area contributed by atoms with Crippen LogP contribution in [0, 0.1) is 0 Å². The maximum Gasteiger partial charge on any atom is 0.322 e. The fraction of sp³-hybridized carbons (Fsp3) is 0.917. The third-order valence-electron chi connectivity index (χ3n) is 2.62. The molecular weight excluding hydrogens is 236 g/mol. The van der Waals surface area contributed by atoms with Gasteiger partial charge in [-0.2, -0.15) is 0 Å². The summed E-state index contributed by atoms with van der Waals surface area (Å²) < 4.78 is 10.0. The molecule has 0 heterocycles. The van der Waals surface area contributed by atoms with Gasteiger partial charge in [0, 0.05) is 40.5 Å². The lowest BCUT2D eigenvalue weighted by Gasteiger charge is -2.25. The highest BCUT2D eigenvalue weighted by atomic mass is 16.5. The molecule has 1 unspecified atom stereocenters. The second kappa shape index (κ2) is 11.4. The lowest BCUT2D eigenvalue weighted by Crippen LogP contribution is -2.47. The summed E-state index contributed by atoms with van der Waals surface area (Å²) in [7, 11) is 3.31. The predicted octanol–water partition coefficient (Wildman–Crippen LogP) is 0.0340. The second-order valence-electron chi connectivity index (χ2n) is 4.09. The van der Waals surface area contributed by atoms with E-state index in [1.807, 2.05) is 6.92 Å². The van der Waals surface area contributed by atoms with Crippen LogP contribution in [0.5, 0.6) is 0 Å². The van der Waals surface area contributed by atoms with Gasteiger partial charge in [-0.15, -0.1) is 0 Å². The van der Waals surface area contributed by atoms with Crippen LogP contribution in [0.15, 0.2) is 0 Å². The molecule has 0 bridgehead atoms. The van der Waals surface area contributed by atoms with Gasteiger partial charge < -0.3 is 19.9 Å². The molecular formula is C12H26N2O4. The van der Waals surface area contributed by atoms with Crippen molar-refractivity contribution in [2.24, 2.45) is 0 Å². The molecule has 0 aliphatic rings. The highest BCUT2D eigenvalue weighted by Crippen LogP contribution is 1.97. The van der Waals surface area contributed by atoms with Gasteiger partial charge in [0.1, 0.15) is 6.04 Å². The van der Waals surface area contributed by atoms with Crippen molar-refractivity contribution in [2.75, 3.05) is 53.6 Å². The number of likely N-dealkylation sites (N-methyl/N-ethyl adjacent to an activating group) is 1. The normalized spacial score (nSPS) is 12.9. The molecule has 0 saturated heterocycles. The van der Waals surface area contributed by atoms with Crippen molar-refractivity contribution < 1.29 is 19.4 Å². The maximum atomic E-state index is 11.1. The van der Waals surface area contributed by atoms with Crippen LogP contribution < -0.4 is 5.32 Å². The monoisotopic (exact) mass is 262 g/mol. The van der Waals surface area contributed by atoms with E-state index < -0.39 is 12.0 Å². The van der Waals surface area contributed by atoms with Gasteiger partial charge >= 0.3 is 5.97 Å². The van der Waals surface area contributed by atoms with Gasteiger partial charge in [0.05, 0.1) is 6.61 Å². The highest BCUT2D eigenvalue weighted by Gasteiger charge is 2.19. The van der Waals surface area contributed by atoms with Crippen LogP contribution in [0.4, 0.5) is 0 Å². The van der Waals surface area contributed by atoms with Gasteiger partial charge in [-0.25, -0.2) is 0 Å². The SMILES string of the molecule is CCNC(CN(CCCOC)CCOC)C(=O)O. The Morgan fingerprint density at radius 2 is 1.94 bits per heavy atom. The number of ether oxygens (including phenoxy) is 2. The van der Waals surface area contributed by atoms with Crippen LogP contribution in [0.3, 0.4) is 0 Å². The quantitative estimate of drug-likeness (QED) is 0.484. The first-order valence-electron chi connectivity index (χ1n) is 6.32. The zero-order valence-electron chi connectivity index (χ0n) is 11.6. The van der Waals surface area contributed by atoms with Gasteiger partial charge in [0.15, 0.2) is 0 Å². The van der Waals surface area contributed by atoms with Gasteiger partial charge in [-0.3, -0.25) is 9.69 Å². The first-order valence-corrected chi connectivity index (χ1v) is 6.32. The van der Waals surface area contributed by atoms with E-state index in [1.54, 1.807) is 14.2 Å². The number of nitrogens with one attached hydrogen (secondary N) is 1. The summed E-state index contributed by atoms with van der Waals surface area (Å²) in [5.41, 5.74) is 0. The summed E-state index contributed by atoms with van der Waals surface area (Å²) in [6, 6.07) is -0.533. The Labute approximate surface area is 109 Å². The zero-order valence-corrected chi connectivity index (χ0v) is 11.6. The van der Waals surface area contributed by atoms with E-state index in [0.29, 0.717) is 26.3 Å². The molecule has 108 valence electrons. The molecule has 0 aliphatic heterocycles. The number of carboxylic acid groups (broad SMARTS) is 1. The Morgan fingerprint density at radius 3 is 2.44 bits per heavy atom. The van der Waals surface area contributed by atoms with Crippen molar-refractivity contribution in [3.05, 3.63) is 0 Å². The van der Waals surface area contributed by atoms with Crippen molar-refractivity contribution in [1.82, 2.24) is 10.2 Å². The average Bonchev–Trinajstić information content (AvgIpc) is 2.34. The zero-order chi connectivity index (χ0) is 13.8. The molecule has 0 radical (unpaired) electrons. The van der Waals surface area contributed by atoms with Crippen LogP contribution in [0.2, 0.25) is 0 Å². The number of nitrogens with zero attached hydrogens (tertiary/aromatic N) is 1. The predicted molar refractivity (Wildman–Crippen MR) is 69.9 cm³/mol. The fourth-order valence-corrected chi connectivity index (χ4v) is 1.68. The van der Waals surface area contributed by atoms with Crippen molar-refractivity contribution in [3.63, 3.8) is 0 Å². The fourth-order valence-electron chi connectivity index (χ4n) is 1.68. The van der Waals surface area contributed by atoms with Gasteiger partial charge in [0.25, 0.3) is 0 Å². The van der Waals surface area contributed by atoms with Crippen LogP contribution in [0.1, 0.15) is 13.3 Å². The van der Waals surface area contributed by atoms with Crippen molar-refractivity contribution >= 4 is 5.97 Å². The third kappa shape index (κ3) is 8.41. The Bertz CT molecular complexity index is 214. The van der Waals surface area contributed by atoms with Crippen LogP contribution in [-0.2, 0) is 14.3 Å². The summed E-state index contributed by atoms with van der Waals surface area (Å²) in [6.45, 7) is 5.86. The Hall–Kier alpha value is -0.690. The lowest BCUT2D eigenvalue weighted by molar-refractivity contribution is -0.140. The molecule has 0 spiro atoms. The van der Waals surface area contributed by atoms with E-state index in [2.05, 4.69) is 10.2 Å². The van der Waals surface area contributed by atoms with Crippen molar-refractivity contribution in [1.29, 1.82) is 0 Å². The highest BCUT2D eigenvalue weighted by molar-refractivity contribution is 5.73. The van der Waals surface area contributed by atoms with Gasteiger partial charge in [-0.1, -0.05) is 6.92 Å². The standard InChI is InChI=1S/C12H26N2O4/c1-4-13-11(12(15)16)10-14(7-9-18-3)6-5-8-17-2/h11,13H,4-10H2,1-3H3,(H,15,16). The van der Waals surface area contributed by atoms with E-state index in [-0.39, 0.29) is 0 Å². The number of rotatable bonds is 12. The van der Waals surface area contributed by atoms with E-state index in [0.717, 1.165) is 19.5 Å². The Kier molecular flexibility index (Phi) is 11.0. The topological polar surface area (TPSA) is 71.0 Å². The minimum absolute atomic E-state index is 0.482. The number of carboxylic acids is 1. The average molecular weight is 262 g/mol. The van der Waals surface area contributed by atoms with Crippen molar-refractivity contribution in [2.45, 2.75) is 19.4 Å². The number of carbonyl (C=O) groups is 1. The molecule has 2 N–H and O–H groups in total. The first-order chi connectivity index (χ1) is 8.65. The molecule has 0 rings (SSSR count). The van der Waals surface area contributed by atoms with E-state index in [9.17, 15) is 4.79 Å². The molecule has 0 fully saturated rings. The smallest absolute Gasteiger partial charge is 0.322 e. The molecule has 6 heteroatoms. The first kappa shape index (κ1) is 17.3. The van der Waals surface area contributed by atoms with Crippen LogP contribution >= 0.6 is 0 Å². The third-order valence-corrected chi connectivity index (χ3v) is 2.62. The number of hydrogen-bond donors (Lipinski definition) is 2. The van der Waals surface area contributed by atoms with Crippen LogP contribution in [-0.4, -0.2) is 75.6 Å². The maximum absolute atomic E-state index is 11.1. The molecule has 1 atom stereocenters. The van der Waals surface area contributed by atoms with Gasteiger partial charge in [-0.05, 0) is 13.0 Å². The summed E-state index contributed by atoms with van der Waals surface area (Å²) in [5.74, 6) is -0.814. The largest absolute Gasteiger partial charge is 0.480 e. The Balaban J connectivity index is 4.19. The molecule has 6 nitrogen and oxygen atoms in total. The summed E-state index contributed by atoms with van der Waals surface area (Å²) in [6.07, 6.45) is 0.888. The molecule has 0 aliphatic carbocycles. The van der Waals surface area contributed by atoms with Crippen LogP contribution in [0.25, 0.3) is 0 Å². The molecule has 18 heavy (non-hydrogen) atoms. The second-order valence-corrected chi connectivity index (χ2v) is 4.09. The number of hydrogen-bond acceptors (Lipinski definition) is 5. The Morgan fingerprint density at radius 1 is 1.28 bits per heavy atom. The lowest BCUT2D eigenvalue weighted by atomic mass is 10.2. The molecule has 0 saturated carbocycles. The molecule has 0 aromatic heterocycles. The van der Waals surface area contributed by atoms with Crippen molar-refractivity contribution in [3.8, 4) is 0 Å². The number of aliphatic carboxylic acids is 1. The summed E-state index contributed by atoms with van der Waals surface area (Å²) >= 11 is 0. The van der Waals surface area contributed by atoms with Gasteiger partial charge in [0.2, 0.25) is 0 Å². The summed E-state index contributed by atoms with van der Waals surface area (Å²) in [5, 5.41) is 12.1.